The molecular formula is C13H17ClN2O3. The predicted octanol–water partition coefficient (Wildman–Crippen LogP) is 2.65. The van der Waals surface area contributed by atoms with Gasteiger partial charge in [-0.15, -0.1) is 0 Å². The van der Waals surface area contributed by atoms with Gasteiger partial charge in [-0.05, 0) is 25.0 Å². The summed E-state index contributed by atoms with van der Waals surface area (Å²) in [5.41, 5.74) is 0.542. The maximum atomic E-state index is 11.8. The number of benzene rings is 1. The third-order valence-corrected chi connectivity index (χ3v) is 3.23. The van der Waals surface area contributed by atoms with Gasteiger partial charge in [0, 0.05) is 13.2 Å². The van der Waals surface area contributed by atoms with Crippen LogP contribution in [0.25, 0.3) is 0 Å². The number of amides is 2. The molecule has 0 spiro atoms. The summed E-state index contributed by atoms with van der Waals surface area (Å²) in [5, 5.41) is 5.94. The van der Waals surface area contributed by atoms with Gasteiger partial charge in [0.15, 0.2) is 5.75 Å². The molecule has 104 valence electrons. The van der Waals surface area contributed by atoms with Crippen LogP contribution < -0.4 is 15.4 Å². The quantitative estimate of drug-likeness (QED) is 0.893. The molecule has 1 unspecified atom stereocenters. The summed E-state index contributed by atoms with van der Waals surface area (Å²) in [4.78, 5) is 11.8. The number of para-hydroxylation sites is 1. The summed E-state index contributed by atoms with van der Waals surface area (Å²) in [6.45, 7) is 1.28. The number of carbonyl (C=O) groups excluding carboxylic acids is 1. The van der Waals surface area contributed by atoms with E-state index in [1.807, 2.05) is 0 Å². The first-order valence-electron chi connectivity index (χ1n) is 6.19. The Morgan fingerprint density at radius 1 is 1.58 bits per heavy atom. The van der Waals surface area contributed by atoms with Crippen LogP contribution in [-0.2, 0) is 4.74 Å². The number of methoxy groups -OCH3 is 1. The van der Waals surface area contributed by atoms with E-state index in [-0.39, 0.29) is 12.1 Å². The van der Waals surface area contributed by atoms with E-state index in [4.69, 9.17) is 21.1 Å². The summed E-state index contributed by atoms with van der Waals surface area (Å²) in [5.74, 6) is 0.455. The second-order valence-electron chi connectivity index (χ2n) is 4.29. The van der Waals surface area contributed by atoms with E-state index in [1.165, 1.54) is 7.11 Å². The molecule has 2 N–H and O–H groups in total. The number of halogens is 1. The van der Waals surface area contributed by atoms with Crippen LogP contribution in [0.4, 0.5) is 10.5 Å². The van der Waals surface area contributed by atoms with Crippen LogP contribution in [0.2, 0.25) is 5.02 Å². The van der Waals surface area contributed by atoms with Gasteiger partial charge in [-0.2, -0.15) is 0 Å². The minimum absolute atomic E-state index is 0.118. The van der Waals surface area contributed by atoms with Gasteiger partial charge in [0.05, 0.1) is 23.9 Å². The molecule has 1 atom stereocenters. The molecule has 1 fully saturated rings. The first-order chi connectivity index (χ1) is 9.20. The number of urea groups is 1. The van der Waals surface area contributed by atoms with Crippen LogP contribution in [0.15, 0.2) is 18.2 Å². The second kappa shape index (κ2) is 6.63. The summed E-state index contributed by atoms with van der Waals surface area (Å²) in [6, 6.07) is 4.89. The topological polar surface area (TPSA) is 59.6 Å². The summed E-state index contributed by atoms with van der Waals surface area (Å²) in [6.07, 6.45) is 2.16. The van der Waals surface area contributed by atoms with Crippen LogP contribution in [0.3, 0.4) is 0 Å². The fourth-order valence-electron chi connectivity index (χ4n) is 1.99. The van der Waals surface area contributed by atoms with Gasteiger partial charge in [0.1, 0.15) is 0 Å². The third kappa shape index (κ3) is 3.75. The molecule has 0 aromatic heterocycles. The standard InChI is InChI=1S/C13H17ClN2O3/c1-18-12-10(14)5-2-6-11(12)16-13(17)15-8-9-4-3-7-19-9/h2,5-6,9H,3-4,7-8H2,1H3,(H2,15,16,17). The number of nitrogens with one attached hydrogen (secondary N) is 2. The zero-order chi connectivity index (χ0) is 13.7. The number of carbonyl (C=O) groups is 1. The largest absolute Gasteiger partial charge is 0.493 e. The van der Waals surface area contributed by atoms with E-state index in [0.29, 0.717) is 23.0 Å². The maximum Gasteiger partial charge on any atom is 0.319 e. The SMILES string of the molecule is COc1c(Cl)cccc1NC(=O)NCC1CCCO1. The van der Waals surface area contributed by atoms with Crippen molar-refractivity contribution in [3.63, 3.8) is 0 Å². The molecule has 0 aliphatic carbocycles. The Hall–Kier alpha value is -1.46. The lowest BCUT2D eigenvalue weighted by Crippen LogP contribution is -2.35. The third-order valence-electron chi connectivity index (χ3n) is 2.93. The molecule has 19 heavy (non-hydrogen) atoms. The first-order valence-corrected chi connectivity index (χ1v) is 6.57. The average Bonchev–Trinajstić information content (AvgIpc) is 2.90. The fraction of sp³-hybridized carbons (Fsp3) is 0.462. The Labute approximate surface area is 117 Å². The van der Waals surface area contributed by atoms with Crippen molar-refractivity contribution in [1.29, 1.82) is 0 Å². The average molecular weight is 285 g/mol. The summed E-state index contributed by atoms with van der Waals surface area (Å²) >= 11 is 5.98. The van der Waals surface area contributed by atoms with Crippen molar-refractivity contribution in [2.75, 3.05) is 25.6 Å². The van der Waals surface area contributed by atoms with Crippen molar-refractivity contribution in [1.82, 2.24) is 5.32 Å². The summed E-state index contributed by atoms with van der Waals surface area (Å²) < 4.78 is 10.6. The molecule has 1 saturated heterocycles. The minimum atomic E-state index is -0.295. The van der Waals surface area contributed by atoms with Crippen molar-refractivity contribution in [3.05, 3.63) is 23.2 Å². The molecule has 0 saturated carbocycles. The highest BCUT2D eigenvalue weighted by molar-refractivity contribution is 6.32. The van der Waals surface area contributed by atoms with Gasteiger partial charge >= 0.3 is 6.03 Å². The normalized spacial score (nSPS) is 18.1. The predicted molar refractivity (Wildman–Crippen MR) is 74.0 cm³/mol. The Morgan fingerprint density at radius 2 is 2.42 bits per heavy atom. The lowest BCUT2D eigenvalue weighted by Gasteiger charge is -2.14. The van der Waals surface area contributed by atoms with Gasteiger partial charge in [-0.25, -0.2) is 4.79 Å². The Bertz CT molecular complexity index is 448. The van der Waals surface area contributed by atoms with E-state index >= 15 is 0 Å². The van der Waals surface area contributed by atoms with E-state index in [1.54, 1.807) is 18.2 Å². The van der Waals surface area contributed by atoms with Crippen molar-refractivity contribution in [2.24, 2.45) is 0 Å². The molecule has 5 nitrogen and oxygen atoms in total. The van der Waals surface area contributed by atoms with Crippen molar-refractivity contribution >= 4 is 23.3 Å². The zero-order valence-corrected chi connectivity index (χ0v) is 11.5. The Morgan fingerprint density at radius 3 is 3.11 bits per heavy atom. The zero-order valence-electron chi connectivity index (χ0n) is 10.7. The molecule has 0 radical (unpaired) electrons. The van der Waals surface area contributed by atoms with Gasteiger partial charge in [-0.1, -0.05) is 17.7 Å². The summed E-state index contributed by atoms with van der Waals surface area (Å²) in [7, 11) is 1.51. The van der Waals surface area contributed by atoms with Crippen molar-refractivity contribution < 1.29 is 14.3 Å². The lowest BCUT2D eigenvalue weighted by molar-refractivity contribution is 0.112. The molecule has 1 aliphatic heterocycles. The molecule has 1 heterocycles. The molecule has 1 aliphatic rings. The van der Waals surface area contributed by atoms with E-state index in [9.17, 15) is 4.79 Å². The van der Waals surface area contributed by atoms with Crippen LogP contribution >= 0.6 is 11.6 Å². The highest BCUT2D eigenvalue weighted by atomic mass is 35.5. The van der Waals surface area contributed by atoms with E-state index in [0.717, 1.165) is 19.4 Å². The number of hydrogen-bond acceptors (Lipinski definition) is 3. The first kappa shape index (κ1) is 14.0. The maximum absolute atomic E-state index is 11.8. The number of rotatable bonds is 4. The number of hydrogen-bond donors (Lipinski definition) is 2. The van der Waals surface area contributed by atoms with Gasteiger partial charge in [0.25, 0.3) is 0 Å². The Kier molecular flexibility index (Phi) is 4.87. The highest BCUT2D eigenvalue weighted by Crippen LogP contribution is 2.32. The van der Waals surface area contributed by atoms with Gasteiger partial charge in [0.2, 0.25) is 0 Å². The molecular weight excluding hydrogens is 268 g/mol. The van der Waals surface area contributed by atoms with Gasteiger partial charge < -0.3 is 20.1 Å². The Balaban J connectivity index is 1.89. The van der Waals surface area contributed by atoms with E-state index in [2.05, 4.69) is 10.6 Å². The molecule has 0 bridgehead atoms. The monoisotopic (exact) mass is 284 g/mol. The van der Waals surface area contributed by atoms with E-state index < -0.39 is 0 Å². The molecule has 2 rings (SSSR count). The molecule has 1 aromatic rings. The molecule has 6 heteroatoms. The van der Waals surface area contributed by atoms with Crippen LogP contribution in [0.5, 0.6) is 5.75 Å². The van der Waals surface area contributed by atoms with Crippen molar-refractivity contribution in [2.45, 2.75) is 18.9 Å². The van der Waals surface area contributed by atoms with Crippen LogP contribution in [0, 0.1) is 0 Å². The minimum Gasteiger partial charge on any atom is -0.493 e. The highest BCUT2D eigenvalue weighted by Gasteiger charge is 2.16. The van der Waals surface area contributed by atoms with Crippen LogP contribution in [-0.4, -0.2) is 32.4 Å². The fourth-order valence-corrected chi connectivity index (χ4v) is 2.24. The second-order valence-corrected chi connectivity index (χ2v) is 4.70. The van der Waals surface area contributed by atoms with Gasteiger partial charge in [-0.3, -0.25) is 0 Å². The van der Waals surface area contributed by atoms with Crippen molar-refractivity contribution in [3.8, 4) is 5.75 Å². The number of anilines is 1. The molecule has 2 amide bonds. The smallest absolute Gasteiger partial charge is 0.319 e. The molecule has 1 aromatic carbocycles. The van der Waals surface area contributed by atoms with Crippen LogP contribution in [0.1, 0.15) is 12.8 Å². The lowest BCUT2D eigenvalue weighted by atomic mass is 10.2. The number of ether oxygens (including phenoxy) is 2.